The first kappa shape index (κ1) is 34.9. The molecule has 296 valence electrons. The van der Waals surface area contributed by atoms with Crippen molar-refractivity contribution in [1.29, 1.82) is 0 Å². The molecule has 6 heterocycles. The molecule has 12 aromatic rings. The molecule has 0 spiro atoms. The van der Waals surface area contributed by atoms with E-state index in [0.717, 1.165) is 43.9 Å². The highest BCUT2D eigenvalue weighted by Gasteiger charge is 2.45. The minimum atomic E-state index is -0.134. The molecule has 4 nitrogen and oxygen atoms in total. The normalized spacial score (nSPS) is 13.9. The lowest BCUT2D eigenvalue weighted by atomic mass is 9.44. The van der Waals surface area contributed by atoms with E-state index in [4.69, 9.17) is 8.83 Å². The number of hydrogen-bond donors (Lipinski definition) is 0. The Morgan fingerprint density at radius 2 is 1.10 bits per heavy atom. The molecule has 62 heavy (non-hydrogen) atoms. The molecule has 0 aliphatic carbocycles. The van der Waals surface area contributed by atoms with Crippen molar-refractivity contribution in [2.75, 3.05) is 4.81 Å². The van der Waals surface area contributed by atoms with Gasteiger partial charge in [-0.05, 0) is 105 Å². The van der Waals surface area contributed by atoms with Gasteiger partial charge >= 0.3 is 6.85 Å². The summed E-state index contributed by atoms with van der Waals surface area (Å²) in [6.07, 6.45) is 0. The number of fused-ring (bicyclic) bond motifs is 17. The van der Waals surface area contributed by atoms with Crippen molar-refractivity contribution in [3.05, 3.63) is 151 Å². The number of aromatic nitrogens is 1. The molecule has 2 aliphatic heterocycles. The summed E-state index contributed by atoms with van der Waals surface area (Å²) >= 11 is 1.91. The number of para-hydroxylation sites is 2. The average molecular weight is 817 g/mol. The minimum absolute atomic E-state index is 0.0283. The van der Waals surface area contributed by atoms with Crippen LogP contribution >= 0.6 is 11.3 Å². The molecule has 0 bridgehead atoms. The maximum atomic E-state index is 6.74. The van der Waals surface area contributed by atoms with Crippen LogP contribution in [0.2, 0.25) is 0 Å². The highest BCUT2D eigenvalue weighted by molar-refractivity contribution is 7.25. The summed E-state index contributed by atoms with van der Waals surface area (Å²) in [5.74, 6) is 0. The van der Waals surface area contributed by atoms with Gasteiger partial charge in [-0.2, -0.15) is 0 Å². The zero-order valence-corrected chi connectivity index (χ0v) is 36.3. The smallest absolute Gasteiger partial charge is 0.333 e. The lowest BCUT2D eigenvalue weighted by Gasteiger charge is -2.42. The Kier molecular flexibility index (Phi) is 6.52. The predicted octanol–water partition coefficient (Wildman–Crippen LogP) is 14.8. The summed E-state index contributed by atoms with van der Waals surface area (Å²) in [6, 6.07) is 52.5. The number of hydrogen-bond acceptors (Lipinski definition) is 4. The van der Waals surface area contributed by atoms with E-state index < -0.39 is 0 Å². The molecule has 0 radical (unpaired) electrons. The first-order valence-electron chi connectivity index (χ1n) is 21.8. The van der Waals surface area contributed by atoms with Crippen LogP contribution in [0.3, 0.4) is 0 Å². The van der Waals surface area contributed by atoms with E-state index in [9.17, 15) is 0 Å². The van der Waals surface area contributed by atoms with Gasteiger partial charge in [0.25, 0.3) is 0 Å². The van der Waals surface area contributed by atoms with Gasteiger partial charge in [0.2, 0.25) is 0 Å². The molecule has 8 aromatic carbocycles. The summed E-state index contributed by atoms with van der Waals surface area (Å²) < 4.78 is 18.5. The molecule has 0 fully saturated rings. The quantitative estimate of drug-likeness (QED) is 0.155. The van der Waals surface area contributed by atoms with E-state index >= 15 is 0 Å². The van der Waals surface area contributed by atoms with Crippen LogP contribution in [0.1, 0.15) is 52.7 Å². The van der Waals surface area contributed by atoms with Crippen molar-refractivity contribution in [3.8, 4) is 16.8 Å². The second-order valence-corrected chi connectivity index (χ2v) is 20.8. The molecule has 14 rings (SSSR count). The van der Waals surface area contributed by atoms with Crippen LogP contribution in [-0.2, 0) is 10.8 Å². The minimum Gasteiger partial charge on any atom is -0.456 e. The molecule has 0 amide bonds. The van der Waals surface area contributed by atoms with Gasteiger partial charge in [0.1, 0.15) is 22.3 Å². The van der Waals surface area contributed by atoms with Gasteiger partial charge in [-0.15, -0.1) is 11.3 Å². The second-order valence-electron chi connectivity index (χ2n) is 19.7. The molecule has 0 saturated heterocycles. The topological polar surface area (TPSA) is 34.5 Å². The summed E-state index contributed by atoms with van der Waals surface area (Å²) in [7, 11) is 0. The fourth-order valence-corrected chi connectivity index (χ4v) is 12.1. The van der Waals surface area contributed by atoms with Gasteiger partial charge in [-0.25, -0.2) is 0 Å². The van der Waals surface area contributed by atoms with E-state index in [-0.39, 0.29) is 17.7 Å². The molecular formula is C56H41BN2O2S. The second kappa shape index (κ2) is 11.6. The Balaban J connectivity index is 1.15. The molecule has 0 N–H and O–H groups in total. The Bertz CT molecular complexity index is 3960. The van der Waals surface area contributed by atoms with E-state index in [1.54, 1.807) is 0 Å². The summed E-state index contributed by atoms with van der Waals surface area (Å²) in [5, 5.41) is 9.57. The maximum absolute atomic E-state index is 6.74. The van der Waals surface area contributed by atoms with Crippen LogP contribution in [0.25, 0.3) is 103 Å². The molecule has 0 saturated carbocycles. The Hall–Kier alpha value is -6.76. The Morgan fingerprint density at radius 1 is 0.468 bits per heavy atom. The van der Waals surface area contributed by atoms with E-state index in [0.29, 0.717) is 0 Å². The third kappa shape index (κ3) is 4.52. The van der Waals surface area contributed by atoms with Crippen molar-refractivity contribution in [2.45, 2.75) is 52.4 Å². The van der Waals surface area contributed by atoms with E-state index in [1.165, 1.54) is 92.2 Å². The largest absolute Gasteiger partial charge is 0.456 e. The van der Waals surface area contributed by atoms with Gasteiger partial charge in [-0.1, -0.05) is 114 Å². The molecule has 0 atom stereocenters. The van der Waals surface area contributed by atoms with Crippen LogP contribution in [0, 0.1) is 0 Å². The SMILES string of the molecule is CC(C)(C)c1ccc(N2B3c4cc5oc6ccccc6c5cc4-n4c5cc6c(cc5c5ccc(c3c54)-c3cc4sc5cc(C(C)(C)C)ccc5c4cc32)oc2ccccc26)cc1. The van der Waals surface area contributed by atoms with Gasteiger partial charge < -0.3 is 18.2 Å². The summed E-state index contributed by atoms with van der Waals surface area (Å²) in [4.78, 5) is 2.64. The van der Waals surface area contributed by atoms with Gasteiger partial charge in [0, 0.05) is 75.1 Å². The Morgan fingerprint density at radius 3 is 1.82 bits per heavy atom. The lowest BCUT2D eigenvalue weighted by Crippen LogP contribution is -2.60. The van der Waals surface area contributed by atoms with E-state index in [2.05, 4.69) is 190 Å². The number of thiophene rings is 1. The highest BCUT2D eigenvalue weighted by atomic mass is 32.1. The first-order chi connectivity index (χ1) is 30.0. The van der Waals surface area contributed by atoms with Crippen molar-refractivity contribution in [1.82, 2.24) is 4.57 Å². The summed E-state index contributed by atoms with van der Waals surface area (Å²) in [5.41, 5.74) is 17.5. The molecular weight excluding hydrogens is 776 g/mol. The number of anilines is 2. The van der Waals surface area contributed by atoms with Crippen molar-refractivity contribution in [3.63, 3.8) is 0 Å². The van der Waals surface area contributed by atoms with Gasteiger partial charge in [0.05, 0.1) is 11.0 Å². The number of nitrogens with zero attached hydrogens (tertiary/aromatic N) is 2. The molecule has 2 aliphatic rings. The fourth-order valence-electron chi connectivity index (χ4n) is 11.0. The lowest BCUT2D eigenvalue weighted by molar-refractivity contribution is 0.590. The van der Waals surface area contributed by atoms with Crippen LogP contribution in [0.4, 0.5) is 11.4 Å². The Labute approximate surface area is 362 Å². The van der Waals surface area contributed by atoms with Gasteiger partial charge in [0.15, 0.2) is 0 Å². The average Bonchev–Trinajstić information content (AvgIpc) is 4.01. The van der Waals surface area contributed by atoms with Gasteiger partial charge in [-0.3, -0.25) is 0 Å². The molecule has 6 heteroatoms. The van der Waals surface area contributed by atoms with Crippen LogP contribution in [0.5, 0.6) is 0 Å². The summed E-state index contributed by atoms with van der Waals surface area (Å²) in [6.45, 7) is 13.7. The van der Waals surface area contributed by atoms with Crippen molar-refractivity contribution >= 4 is 126 Å². The number of rotatable bonds is 1. The zero-order valence-electron chi connectivity index (χ0n) is 35.5. The van der Waals surface area contributed by atoms with Crippen molar-refractivity contribution < 1.29 is 8.83 Å². The van der Waals surface area contributed by atoms with Crippen LogP contribution in [-0.4, -0.2) is 11.4 Å². The van der Waals surface area contributed by atoms with Crippen molar-refractivity contribution in [2.24, 2.45) is 0 Å². The number of benzene rings is 8. The highest BCUT2D eigenvalue weighted by Crippen LogP contribution is 2.50. The predicted molar refractivity (Wildman–Crippen MR) is 265 cm³/mol. The first-order valence-corrected chi connectivity index (χ1v) is 22.6. The zero-order chi connectivity index (χ0) is 41.6. The molecule has 4 aromatic heterocycles. The standard InChI is InChI=1S/C56H41BN2O2S/c1-55(2,3)30-15-18-32(19-16-30)59-45-26-42-35-20-17-31(56(4,5)6)23-51(35)62-52(42)28-39(45)36-21-22-37-38-27-49-40(33-11-7-9-13-47(33)60-49)24-44(38)58-46-25-41-34-12-8-10-14-48(34)61-50(41)29-43(46)57(59)53(36)54(37)58/h7-29H,1-6H3. The third-order valence-electron chi connectivity index (χ3n) is 14.1. The molecule has 0 unspecified atom stereocenters. The monoisotopic (exact) mass is 816 g/mol. The number of furan rings is 2. The van der Waals surface area contributed by atoms with E-state index in [1.807, 2.05) is 11.3 Å². The maximum Gasteiger partial charge on any atom is 0.333 e. The van der Waals surface area contributed by atoms with Crippen LogP contribution in [0.15, 0.2) is 148 Å². The van der Waals surface area contributed by atoms with Crippen LogP contribution < -0.4 is 15.7 Å². The fraction of sp³-hybridized carbons (Fsp3) is 0.143. The third-order valence-corrected chi connectivity index (χ3v) is 15.2.